The van der Waals surface area contributed by atoms with Crippen molar-refractivity contribution in [1.29, 1.82) is 0 Å². The molecule has 206 valence electrons. The number of anilines is 1. The fraction of sp³-hybridized carbons (Fsp3) is 0.192. The Morgan fingerprint density at radius 3 is 2.55 bits per heavy atom. The molecule has 0 radical (unpaired) electrons. The van der Waals surface area contributed by atoms with E-state index < -0.39 is 34.8 Å². The molecule has 0 aliphatic heterocycles. The molecule has 1 amide bonds. The summed E-state index contributed by atoms with van der Waals surface area (Å²) in [6, 6.07) is 7.70. The lowest BCUT2D eigenvalue weighted by atomic mass is 10.2. The van der Waals surface area contributed by atoms with Crippen molar-refractivity contribution < 1.29 is 27.1 Å². The fourth-order valence-electron chi connectivity index (χ4n) is 4.22. The average molecular weight is 555 g/mol. The van der Waals surface area contributed by atoms with Gasteiger partial charge in [-0.1, -0.05) is 6.07 Å². The van der Waals surface area contributed by atoms with Crippen LogP contribution in [-0.2, 0) is 6.18 Å². The standard InChI is InChI=1S/C26H21F4N7O3/c1-13(2)36-20-19(8-10-31-22(20)35-25(36)39)40-18-7-6-15(11-17(18)27)34-24(38)16-12-33-37(21(16)26(28,29)30)23-14(3)5-4-9-32-23/h4-13H,1-3H3,(H,34,38)(H,31,35,39). The van der Waals surface area contributed by atoms with Gasteiger partial charge in [0.2, 0.25) is 0 Å². The number of halogens is 4. The maximum atomic E-state index is 15.0. The van der Waals surface area contributed by atoms with Crippen molar-refractivity contribution >= 4 is 22.8 Å². The first-order chi connectivity index (χ1) is 19.0. The number of carbonyl (C=O) groups is 1. The Balaban J connectivity index is 1.44. The number of alkyl halides is 3. The van der Waals surface area contributed by atoms with E-state index in [2.05, 4.69) is 25.4 Å². The molecule has 14 heteroatoms. The van der Waals surface area contributed by atoms with Crippen LogP contribution in [0.4, 0.5) is 23.2 Å². The number of hydrogen-bond donors (Lipinski definition) is 2. The molecule has 5 rings (SSSR count). The average Bonchev–Trinajstić information content (AvgIpc) is 3.47. The van der Waals surface area contributed by atoms with Crippen molar-refractivity contribution in [2.75, 3.05) is 5.32 Å². The maximum Gasteiger partial charge on any atom is 0.434 e. The molecule has 0 unspecified atom stereocenters. The summed E-state index contributed by atoms with van der Waals surface area (Å²) >= 11 is 0. The molecule has 10 nitrogen and oxygen atoms in total. The molecule has 0 fully saturated rings. The van der Waals surface area contributed by atoms with E-state index in [1.165, 1.54) is 35.2 Å². The normalized spacial score (nSPS) is 11.8. The van der Waals surface area contributed by atoms with Crippen LogP contribution in [-0.4, -0.2) is 35.2 Å². The van der Waals surface area contributed by atoms with Crippen molar-refractivity contribution in [1.82, 2.24) is 29.3 Å². The summed E-state index contributed by atoms with van der Waals surface area (Å²) < 4.78 is 64.7. The number of imidazole rings is 1. The summed E-state index contributed by atoms with van der Waals surface area (Å²) in [7, 11) is 0. The van der Waals surface area contributed by atoms with Gasteiger partial charge in [0, 0.05) is 36.3 Å². The van der Waals surface area contributed by atoms with E-state index in [-0.39, 0.29) is 34.7 Å². The number of carbonyl (C=O) groups excluding carboxylic acids is 1. The molecule has 4 heterocycles. The van der Waals surface area contributed by atoms with E-state index in [9.17, 15) is 22.8 Å². The van der Waals surface area contributed by atoms with Gasteiger partial charge in [0.25, 0.3) is 5.91 Å². The van der Waals surface area contributed by atoms with Crippen LogP contribution in [0.15, 0.2) is 59.8 Å². The maximum absolute atomic E-state index is 15.0. The molecule has 0 spiro atoms. The second-order valence-corrected chi connectivity index (χ2v) is 9.06. The molecule has 0 atom stereocenters. The van der Waals surface area contributed by atoms with Crippen LogP contribution < -0.4 is 15.7 Å². The highest BCUT2D eigenvalue weighted by Gasteiger charge is 2.41. The number of ether oxygens (including phenoxy) is 1. The summed E-state index contributed by atoms with van der Waals surface area (Å²) in [6.07, 6.45) is -1.47. The van der Waals surface area contributed by atoms with Gasteiger partial charge in [-0.15, -0.1) is 0 Å². The lowest BCUT2D eigenvalue weighted by Gasteiger charge is -2.14. The number of fused-ring (bicyclic) bond motifs is 1. The molecule has 0 saturated heterocycles. The first kappa shape index (κ1) is 26.6. The predicted molar refractivity (Wildman–Crippen MR) is 136 cm³/mol. The zero-order chi connectivity index (χ0) is 28.8. The number of H-pyrrole nitrogens is 1. The molecule has 0 aliphatic carbocycles. The van der Waals surface area contributed by atoms with E-state index >= 15 is 4.39 Å². The molecular formula is C26H21F4N7O3. The number of amides is 1. The highest BCUT2D eigenvalue weighted by Crippen LogP contribution is 2.35. The highest BCUT2D eigenvalue weighted by atomic mass is 19.4. The van der Waals surface area contributed by atoms with Gasteiger partial charge in [-0.05, 0) is 44.5 Å². The summed E-state index contributed by atoms with van der Waals surface area (Å²) in [5.41, 5.74) is -1.62. The summed E-state index contributed by atoms with van der Waals surface area (Å²) in [6.45, 7) is 5.13. The minimum atomic E-state index is -4.94. The second-order valence-electron chi connectivity index (χ2n) is 9.06. The van der Waals surface area contributed by atoms with Crippen molar-refractivity contribution in [2.45, 2.75) is 33.0 Å². The van der Waals surface area contributed by atoms with Crippen molar-refractivity contribution in [2.24, 2.45) is 0 Å². The fourth-order valence-corrected chi connectivity index (χ4v) is 4.22. The molecule has 0 aliphatic rings. The minimum Gasteiger partial charge on any atom is -0.452 e. The summed E-state index contributed by atoms with van der Waals surface area (Å²) in [5, 5.41) is 6.02. The van der Waals surface area contributed by atoms with Crippen LogP contribution in [0.25, 0.3) is 17.0 Å². The van der Waals surface area contributed by atoms with Gasteiger partial charge < -0.3 is 10.1 Å². The second kappa shape index (κ2) is 9.94. The van der Waals surface area contributed by atoms with Crippen LogP contribution in [0, 0.1) is 12.7 Å². The molecular weight excluding hydrogens is 534 g/mol. The van der Waals surface area contributed by atoms with Crippen LogP contribution in [0.2, 0.25) is 0 Å². The summed E-state index contributed by atoms with van der Waals surface area (Å²) in [5.74, 6) is -2.24. The van der Waals surface area contributed by atoms with Crippen LogP contribution in [0.3, 0.4) is 0 Å². The Labute approximate surface area is 223 Å². The number of nitrogens with zero attached hydrogens (tertiary/aromatic N) is 5. The number of aryl methyl sites for hydroxylation is 1. The largest absolute Gasteiger partial charge is 0.452 e. The third-order valence-electron chi connectivity index (χ3n) is 5.96. The number of pyridine rings is 2. The van der Waals surface area contributed by atoms with E-state index in [4.69, 9.17) is 4.74 Å². The zero-order valence-electron chi connectivity index (χ0n) is 21.2. The Bertz CT molecular complexity index is 1800. The van der Waals surface area contributed by atoms with Crippen LogP contribution in [0.1, 0.15) is 41.5 Å². The van der Waals surface area contributed by atoms with E-state index in [0.29, 0.717) is 15.8 Å². The Kier molecular flexibility index (Phi) is 6.61. The van der Waals surface area contributed by atoms with E-state index in [0.717, 1.165) is 12.3 Å². The first-order valence-electron chi connectivity index (χ1n) is 11.9. The first-order valence-corrected chi connectivity index (χ1v) is 11.9. The molecule has 0 saturated carbocycles. The zero-order valence-corrected chi connectivity index (χ0v) is 21.2. The quantitative estimate of drug-likeness (QED) is 0.271. The highest BCUT2D eigenvalue weighted by molar-refractivity contribution is 6.05. The third kappa shape index (κ3) is 4.79. The van der Waals surface area contributed by atoms with E-state index in [1.54, 1.807) is 32.9 Å². The van der Waals surface area contributed by atoms with Crippen molar-refractivity contribution in [3.63, 3.8) is 0 Å². The molecule has 2 N–H and O–H groups in total. The number of hydrogen-bond acceptors (Lipinski definition) is 6. The van der Waals surface area contributed by atoms with Crippen LogP contribution in [0.5, 0.6) is 11.5 Å². The minimum absolute atomic E-state index is 0.0862. The van der Waals surface area contributed by atoms with Gasteiger partial charge in [0.1, 0.15) is 5.52 Å². The number of aromatic amines is 1. The van der Waals surface area contributed by atoms with Crippen molar-refractivity contribution in [3.8, 4) is 17.3 Å². The Hall–Kier alpha value is -5.01. The van der Waals surface area contributed by atoms with Gasteiger partial charge in [-0.2, -0.15) is 18.3 Å². The van der Waals surface area contributed by atoms with Gasteiger partial charge >= 0.3 is 11.9 Å². The van der Waals surface area contributed by atoms with E-state index in [1.807, 2.05) is 0 Å². The molecule has 4 aromatic heterocycles. The topological polar surface area (TPSA) is 120 Å². The number of benzene rings is 1. The lowest BCUT2D eigenvalue weighted by molar-refractivity contribution is -0.143. The van der Waals surface area contributed by atoms with Gasteiger partial charge in [0.15, 0.2) is 34.5 Å². The number of aromatic nitrogens is 6. The predicted octanol–water partition coefficient (Wildman–Crippen LogP) is 5.40. The monoisotopic (exact) mass is 555 g/mol. The van der Waals surface area contributed by atoms with Crippen LogP contribution >= 0.6 is 0 Å². The Morgan fingerprint density at radius 2 is 1.88 bits per heavy atom. The van der Waals surface area contributed by atoms with Gasteiger partial charge in [0.05, 0.1) is 11.8 Å². The Morgan fingerprint density at radius 1 is 1.10 bits per heavy atom. The molecule has 1 aromatic carbocycles. The molecule has 40 heavy (non-hydrogen) atoms. The molecule has 0 bridgehead atoms. The number of rotatable bonds is 6. The smallest absolute Gasteiger partial charge is 0.434 e. The van der Waals surface area contributed by atoms with Gasteiger partial charge in [-0.3, -0.25) is 14.3 Å². The lowest BCUT2D eigenvalue weighted by Crippen LogP contribution is -2.21. The third-order valence-corrected chi connectivity index (χ3v) is 5.96. The van der Waals surface area contributed by atoms with Crippen molar-refractivity contribution in [3.05, 3.63) is 88.1 Å². The van der Waals surface area contributed by atoms with Gasteiger partial charge in [-0.25, -0.2) is 23.8 Å². The number of nitrogens with one attached hydrogen (secondary N) is 2. The SMILES string of the molecule is Cc1cccnc1-n1ncc(C(=O)Nc2ccc(Oc3ccnc4[nH]c(=O)n(C(C)C)c34)c(F)c2)c1C(F)(F)F. The molecule has 5 aromatic rings. The summed E-state index contributed by atoms with van der Waals surface area (Å²) in [4.78, 5) is 35.9.